The van der Waals surface area contributed by atoms with Gasteiger partial charge in [-0.2, -0.15) is 4.31 Å². The van der Waals surface area contributed by atoms with Crippen molar-refractivity contribution < 1.29 is 36.7 Å². The second-order valence-electron chi connectivity index (χ2n) is 10.5. The summed E-state index contributed by atoms with van der Waals surface area (Å²) in [5.74, 6) is -3.68. The zero-order valence-electron chi connectivity index (χ0n) is 23.1. The average molecular weight is 668 g/mol. The van der Waals surface area contributed by atoms with E-state index in [1.165, 1.54) is 36.2 Å². The van der Waals surface area contributed by atoms with Crippen LogP contribution in [0.5, 0.6) is 0 Å². The molecule has 0 bridgehead atoms. The number of carboxylic acid groups (broad SMARTS) is 1. The van der Waals surface area contributed by atoms with Crippen LogP contribution in [-0.2, 0) is 32.6 Å². The number of halogens is 4. The number of nitrogens with zero attached hydrogens (tertiary/aromatic N) is 4. The topological polar surface area (TPSA) is 119 Å². The number of carbonyl (C=O) groups is 3. The molecule has 0 saturated carbocycles. The lowest BCUT2D eigenvalue weighted by Gasteiger charge is -2.53. The number of carbonyl (C=O) groups excluding carboxylic acids is 2. The molecule has 0 spiro atoms. The second kappa shape index (κ2) is 12.3. The first-order valence-electron chi connectivity index (χ1n) is 13.3. The van der Waals surface area contributed by atoms with Gasteiger partial charge in [-0.1, -0.05) is 59.6 Å². The molecule has 1 N–H and O–H groups in total. The molecule has 15 heteroatoms. The van der Waals surface area contributed by atoms with Crippen LogP contribution >= 0.6 is 23.2 Å². The summed E-state index contributed by atoms with van der Waals surface area (Å²) in [4.78, 5) is 43.1. The zero-order valence-corrected chi connectivity index (χ0v) is 25.4. The molecule has 3 atom stereocenters. The van der Waals surface area contributed by atoms with Crippen LogP contribution in [0.25, 0.3) is 0 Å². The Morgan fingerprint density at radius 2 is 1.66 bits per heavy atom. The summed E-state index contributed by atoms with van der Waals surface area (Å²) in [5.41, 5.74) is 0.702. The van der Waals surface area contributed by atoms with E-state index in [1.54, 1.807) is 30.3 Å². The predicted octanol–water partition coefficient (Wildman–Crippen LogP) is 4.06. The van der Waals surface area contributed by atoms with Crippen LogP contribution in [0.15, 0.2) is 71.6 Å². The normalized spacial score (nSPS) is 20.9. The Morgan fingerprint density at radius 3 is 2.30 bits per heavy atom. The summed E-state index contributed by atoms with van der Waals surface area (Å²) in [6, 6.07) is 12.2. The average Bonchev–Trinajstić information content (AvgIpc) is 2.96. The lowest BCUT2D eigenvalue weighted by molar-refractivity contribution is -0.168. The molecule has 2 fully saturated rings. The molecule has 2 aliphatic rings. The summed E-state index contributed by atoms with van der Waals surface area (Å²) in [5, 5.41) is 10.2. The number of likely N-dealkylation sites (N-methyl/N-ethyl adjacent to an activating group) is 1. The molecule has 3 amide bonds. The number of hydrogen-bond acceptors (Lipinski definition) is 5. The van der Waals surface area contributed by atoms with Crippen LogP contribution in [0.3, 0.4) is 0 Å². The van der Waals surface area contributed by atoms with Crippen molar-refractivity contribution in [1.82, 2.24) is 19.0 Å². The van der Waals surface area contributed by atoms with Gasteiger partial charge < -0.3 is 14.9 Å². The van der Waals surface area contributed by atoms with Crippen molar-refractivity contribution in [3.8, 4) is 0 Å². The molecule has 2 saturated heterocycles. The van der Waals surface area contributed by atoms with Crippen LogP contribution in [0.1, 0.15) is 11.1 Å². The Hall–Kier alpha value is -3.78. The number of amides is 3. The zero-order chi connectivity index (χ0) is 31.9. The molecular formula is C29H26Cl2F2N4O6S. The van der Waals surface area contributed by atoms with Crippen LogP contribution < -0.4 is 0 Å². The number of rotatable bonds is 7. The van der Waals surface area contributed by atoms with Crippen molar-refractivity contribution in [1.29, 1.82) is 0 Å². The van der Waals surface area contributed by atoms with Crippen LogP contribution in [0.4, 0.5) is 13.6 Å². The van der Waals surface area contributed by atoms with E-state index in [4.69, 9.17) is 23.2 Å². The standard InChI is InChI=1S/C29H26Cl2F2N4O6S/c1-34-16-26-36(44(42,43)25-10-8-19(30)13-20(25)31)15-24(35(29(40)41)14-17-5-3-2-4-6-17)28(39)37(26)23(27(34)38)12-18-7-9-21(32)22(33)11-18/h2-11,13,23-24,26H,12,14-16H2,1H3,(H,40,41). The minimum Gasteiger partial charge on any atom is -0.465 e. The molecule has 3 aromatic rings. The van der Waals surface area contributed by atoms with Gasteiger partial charge >= 0.3 is 6.09 Å². The Morgan fingerprint density at radius 1 is 0.955 bits per heavy atom. The first-order chi connectivity index (χ1) is 20.8. The van der Waals surface area contributed by atoms with E-state index in [1.807, 2.05) is 0 Å². The molecule has 3 unspecified atom stereocenters. The van der Waals surface area contributed by atoms with Crippen molar-refractivity contribution in [3.63, 3.8) is 0 Å². The summed E-state index contributed by atoms with van der Waals surface area (Å²) in [7, 11) is -3.11. The van der Waals surface area contributed by atoms with E-state index in [0.29, 0.717) is 5.56 Å². The summed E-state index contributed by atoms with van der Waals surface area (Å²) in [6.07, 6.45) is -3.07. The lowest BCUT2D eigenvalue weighted by Crippen LogP contribution is -2.75. The van der Waals surface area contributed by atoms with Gasteiger partial charge in [-0.25, -0.2) is 22.0 Å². The monoisotopic (exact) mass is 666 g/mol. The van der Waals surface area contributed by atoms with Crippen molar-refractivity contribution in [2.24, 2.45) is 0 Å². The van der Waals surface area contributed by atoms with Gasteiger partial charge in [0.25, 0.3) is 0 Å². The van der Waals surface area contributed by atoms with E-state index in [2.05, 4.69) is 0 Å². The van der Waals surface area contributed by atoms with Gasteiger partial charge in [-0.15, -0.1) is 0 Å². The Kier molecular flexibility index (Phi) is 8.85. The van der Waals surface area contributed by atoms with E-state index in [9.17, 15) is 36.7 Å². The van der Waals surface area contributed by atoms with Crippen molar-refractivity contribution in [2.45, 2.75) is 36.1 Å². The quantitative estimate of drug-likeness (QED) is 0.406. The molecule has 5 rings (SSSR count). The molecular weight excluding hydrogens is 641 g/mol. The Labute approximate surface area is 262 Å². The number of piperazine rings is 1. The molecule has 10 nitrogen and oxygen atoms in total. The summed E-state index contributed by atoms with van der Waals surface area (Å²) < 4.78 is 57.2. The highest BCUT2D eigenvalue weighted by Crippen LogP contribution is 2.35. The smallest absolute Gasteiger partial charge is 0.408 e. The van der Waals surface area contributed by atoms with Crippen molar-refractivity contribution in [3.05, 3.63) is 99.5 Å². The van der Waals surface area contributed by atoms with Crippen molar-refractivity contribution >= 4 is 51.1 Å². The van der Waals surface area contributed by atoms with Gasteiger partial charge in [0.05, 0.1) is 11.6 Å². The predicted molar refractivity (Wildman–Crippen MR) is 156 cm³/mol. The largest absolute Gasteiger partial charge is 0.465 e. The number of benzene rings is 3. The van der Waals surface area contributed by atoms with E-state index in [-0.39, 0.29) is 40.0 Å². The maximum Gasteiger partial charge on any atom is 0.408 e. The first kappa shape index (κ1) is 31.6. The minimum absolute atomic E-state index is 0.167. The van der Waals surface area contributed by atoms with Crippen LogP contribution in [0.2, 0.25) is 10.0 Å². The third-order valence-electron chi connectivity index (χ3n) is 7.69. The minimum atomic E-state index is -4.54. The highest BCUT2D eigenvalue weighted by Gasteiger charge is 2.55. The Bertz CT molecular complexity index is 1730. The van der Waals surface area contributed by atoms with Gasteiger partial charge in [0.2, 0.25) is 21.8 Å². The lowest BCUT2D eigenvalue weighted by atomic mass is 9.97. The number of sulfonamides is 1. The van der Waals surface area contributed by atoms with Gasteiger partial charge in [0.15, 0.2) is 11.6 Å². The molecule has 3 aromatic carbocycles. The van der Waals surface area contributed by atoms with Gasteiger partial charge in [-0.05, 0) is 41.5 Å². The number of hydrogen-bond donors (Lipinski definition) is 1. The highest BCUT2D eigenvalue weighted by atomic mass is 35.5. The van der Waals surface area contributed by atoms with E-state index < -0.39 is 64.4 Å². The van der Waals surface area contributed by atoms with Crippen LogP contribution in [0, 0.1) is 11.6 Å². The van der Waals surface area contributed by atoms with Gasteiger partial charge in [0, 0.05) is 31.6 Å². The number of fused-ring (bicyclic) bond motifs is 1. The second-order valence-corrected chi connectivity index (χ2v) is 13.2. The summed E-state index contributed by atoms with van der Waals surface area (Å²) >= 11 is 12.3. The first-order valence-corrected chi connectivity index (χ1v) is 15.5. The highest BCUT2D eigenvalue weighted by molar-refractivity contribution is 7.89. The fourth-order valence-electron chi connectivity index (χ4n) is 5.54. The summed E-state index contributed by atoms with van der Waals surface area (Å²) in [6.45, 7) is -1.09. The van der Waals surface area contributed by atoms with Gasteiger partial charge in [0.1, 0.15) is 23.1 Å². The van der Waals surface area contributed by atoms with Crippen LogP contribution in [-0.4, -0.2) is 88.8 Å². The fourth-order valence-corrected chi connectivity index (χ4v) is 7.87. The molecule has 232 valence electrons. The SMILES string of the molecule is CN1CC2N(C(=O)C(N(Cc3ccccc3)C(=O)O)CN2S(=O)(=O)c2ccc(Cl)cc2Cl)C(Cc2ccc(F)c(F)c2)C1=O. The maximum absolute atomic E-state index is 14.2. The maximum atomic E-state index is 14.2. The van der Waals surface area contributed by atoms with Gasteiger partial charge in [-0.3, -0.25) is 14.5 Å². The van der Waals surface area contributed by atoms with Crippen molar-refractivity contribution in [2.75, 3.05) is 20.1 Å². The molecule has 0 aromatic heterocycles. The Balaban J connectivity index is 1.64. The van der Waals surface area contributed by atoms with E-state index in [0.717, 1.165) is 26.2 Å². The molecule has 0 aliphatic carbocycles. The molecule has 2 aliphatic heterocycles. The fraction of sp³-hybridized carbons (Fsp3) is 0.276. The van der Waals surface area contributed by atoms with E-state index >= 15 is 0 Å². The molecule has 0 radical (unpaired) electrons. The molecule has 2 heterocycles. The third kappa shape index (κ3) is 5.96. The third-order valence-corrected chi connectivity index (χ3v) is 10.3. The molecule has 44 heavy (non-hydrogen) atoms.